The maximum atomic E-state index is 6.09. The monoisotopic (exact) mass is 214 g/mol. The molecule has 2 heteroatoms. The van der Waals surface area contributed by atoms with E-state index in [1.165, 1.54) is 25.7 Å². The summed E-state index contributed by atoms with van der Waals surface area (Å²) in [6.07, 6.45) is 5.24. The van der Waals surface area contributed by atoms with Crippen LogP contribution >= 0.6 is 0 Å². The van der Waals surface area contributed by atoms with Gasteiger partial charge in [0.25, 0.3) is 0 Å². The predicted octanol–water partition coefficient (Wildman–Crippen LogP) is 2.92. The fraction of sp³-hybridized carbons (Fsp3) is 1.00. The van der Waals surface area contributed by atoms with Crippen LogP contribution in [0.1, 0.15) is 60.3 Å². The number of hydrogen-bond acceptors (Lipinski definition) is 2. The Kier molecular flexibility index (Phi) is 7.20. The molecule has 0 aliphatic carbocycles. The fourth-order valence-corrected chi connectivity index (χ4v) is 1.44. The first-order valence-corrected chi connectivity index (χ1v) is 6.37. The molecule has 0 aliphatic heterocycles. The molecular formula is C13H30N2. The normalized spacial score (nSPS) is 16.4. The highest BCUT2D eigenvalue weighted by atomic mass is 14.9. The summed E-state index contributed by atoms with van der Waals surface area (Å²) in [5.74, 6) is 0. The average molecular weight is 214 g/mol. The highest BCUT2D eigenvalue weighted by molar-refractivity contribution is 4.79. The lowest BCUT2D eigenvalue weighted by molar-refractivity contribution is 0.299. The maximum Gasteiger partial charge on any atom is 0.0214 e. The van der Waals surface area contributed by atoms with Crippen LogP contribution in [0, 0.1) is 5.41 Å². The first-order valence-electron chi connectivity index (χ1n) is 6.37. The van der Waals surface area contributed by atoms with Crippen molar-refractivity contribution in [1.29, 1.82) is 0 Å². The summed E-state index contributed by atoms with van der Waals surface area (Å²) < 4.78 is 0. The van der Waals surface area contributed by atoms with Gasteiger partial charge in [0.1, 0.15) is 0 Å². The van der Waals surface area contributed by atoms with E-state index in [1.807, 2.05) is 0 Å². The summed E-state index contributed by atoms with van der Waals surface area (Å²) in [4.78, 5) is 0. The van der Waals surface area contributed by atoms with Crippen LogP contribution in [0.25, 0.3) is 0 Å². The molecule has 0 rings (SSSR count). The first-order chi connectivity index (χ1) is 6.88. The van der Waals surface area contributed by atoms with E-state index in [1.54, 1.807) is 0 Å². The minimum atomic E-state index is 0.205. The van der Waals surface area contributed by atoms with Gasteiger partial charge in [0.15, 0.2) is 0 Å². The van der Waals surface area contributed by atoms with E-state index < -0.39 is 0 Å². The second-order valence-electron chi connectivity index (χ2n) is 5.78. The van der Waals surface area contributed by atoms with Crippen molar-refractivity contribution in [3.63, 3.8) is 0 Å². The van der Waals surface area contributed by atoms with E-state index in [4.69, 9.17) is 5.73 Å². The third-order valence-electron chi connectivity index (χ3n) is 3.04. The van der Waals surface area contributed by atoms with Crippen molar-refractivity contribution in [2.24, 2.45) is 11.1 Å². The van der Waals surface area contributed by atoms with E-state index in [9.17, 15) is 0 Å². The van der Waals surface area contributed by atoms with E-state index in [2.05, 4.69) is 39.9 Å². The van der Waals surface area contributed by atoms with Crippen molar-refractivity contribution < 1.29 is 0 Å². The zero-order valence-electron chi connectivity index (χ0n) is 11.3. The van der Waals surface area contributed by atoms with Gasteiger partial charge < -0.3 is 11.1 Å². The molecule has 0 fully saturated rings. The van der Waals surface area contributed by atoms with Gasteiger partial charge in [0.2, 0.25) is 0 Å². The van der Waals surface area contributed by atoms with Crippen molar-refractivity contribution in [2.75, 3.05) is 6.54 Å². The highest BCUT2D eigenvalue weighted by Crippen LogP contribution is 2.16. The van der Waals surface area contributed by atoms with Gasteiger partial charge in [-0.2, -0.15) is 0 Å². The second-order valence-corrected chi connectivity index (χ2v) is 5.78. The topological polar surface area (TPSA) is 38.0 Å². The van der Waals surface area contributed by atoms with Gasteiger partial charge in [-0.25, -0.2) is 0 Å². The van der Waals surface area contributed by atoms with Gasteiger partial charge in [-0.3, -0.25) is 0 Å². The lowest BCUT2D eigenvalue weighted by Crippen LogP contribution is -2.45. The molecule has 0 heterocycles. The van der Waals surface area contributed by atoms with Crippen molar-refractivity contribution >= 4 is 0 Å². The smallest absolute Gasteiger partial charge is 0.0214 e. The van der Waals surface area contributed by atoms with Gasteiger partial charge in [0, 0.05) is 18.6 Å². The van der Waals surface area contributed by atoms with E-state index in [-0.39, 0.29) is 11.5 Å². The summed E-state index contributed by atoms with van der Waals surface area (Å²) in [7, 11) is 0. The van der Waals surface area contributed by atoms with E-state index >= 15 is 0 Å². The number of nitrogens with one attached hydrogen (secondary N) is 1. The summed E-state index contributed by atoms with van der Waals surface area (Å²) >= 11 is 0. The molecule has 2 nitrogen and oxygen atoms in total. The van der Waals surface area contributed by atoms with E-state index in [0.717, 1.165) is 6.54 Å². The lowest BCUT2D eigenvalue weighted by atomic mass is 9.87. The Labute approximate surface area is 96.0 Å². The quantitative estimate of drug-likeness (QED) is 0.640. The molecule has 2 atom stereocenters. The molecule has 3 N–H and O–H groups in total. The molecule has 0 aromatic rings. The molecule has 0 spiro atoms. The van der Waals surface area contributed by atoms with Gasteiger partial charge in [-0.15, -0.1) is 0 Å². The Morgan fingerprint density at radius 2 is 1.80 bits per heavy atom. The molecule has 0 aromatic carbocycles. The molecule has 0 bridgehead atoms. The number of unbranched alkanes of at least 4 members (excludes halogenated alkanes) is 2. The average Bonchev–Trinajstić information content (AvgIpc) is 2.13. The van der Waals surface area contributed by atoms with Crippen LogP contribution < -0.4 is 11.1 Å². The third kappa shape index (κ3) is 7.80. The fourth-order valence-electron chi connectivity index (χ4n) is 1.44. The SMILES string of the molecule is CCCCCC(C)NCC(N)C(C)(C)C. The van der Waals surface area contributed by atoms with Gasteiger partial charge in [-0.1, -0.05) is 47.0 Å². The van der Waals surface area contributed by atoms with Crippen molar-refractivity contribution in [3.8, 4) is 0 Å². The van der Waals surface area contributed by atoms with Crippen LogP contribution in [0.4, 0.5) is 0 Å². The Morgan fingerprint density at radius 1 is 1.20 bits per heavy atom. The summed E-state index contributed by atoms with van der Waals surface area (Å²) in [6.45, 7) is 12.0. The van der Waals surface area contributed by atoms with Gasteiger partial charge >= 0.3 is 0 Å². The molecule has 0 radical (unpaired) electrons. The molecule has 0 saturated heterocycles. The minimum absolute atomic E-state index is 0.205. The molecule has 0 aliphatic rings. The number of rotatable bonds is 7. The van der Waals surface area contributed by atoms with Gasteiger partial charge in [-0.05, 0) is 18.8 Å². The number of nitrogens with two attached hydrogens (primary N) is 1. The molecule has 2 unspecified atom stereocenters. The van der Waals surface area contributed by atoms with Crippen molar-refractivity contribution in [2.45, 2.75) is 72.4 Å². The van der Waals surface area contributed by atoms with Gasteiger partial charge in [0.05, 0.1) is 0 Å². The predicted molar refractivity (Wildman–Crippen MR) is 69.0 cm³/mol. The van der Waals surface area contributed by atoms with Crippen LogP contribution in [-0.2, 0) is 0 Å². The van der Waals surface area contributed by atoms with Crippen molar-refractivity contribution in [3.05, 3.63) is 0 Å². The highest BCUT2D eigenvalue weighted by Gasteiger charge is 2.20. The second kappa shape index (κ2) is 7.24. The maximum absolute atomic E-state index is 6.09. The third-order valence-corrected chi connectivity index (χ3v) is 3.04. The zero-order valence-corrected chi connectivity index (χ0v) is 11.3. The van der Waals surface area contributed by atoms with Crippen LogP contribution in [0.3, 0.4) is 0 Å². The Hall–Kier alpha value is -0.0800. The van der Waals surface area contributed by atoms with Crippen LogP contribution in [-0.4, -0.2) is 18.6 Å². The molecular weight excluding hydrogens is 184 g/mol. The number of hydrogen-bond donors (Lipinski definition) is 2. The largest absolute Gasteiger partial charge is 0.326 e. The van der Waals surface area contributed by atoms with Crippen molar-refractivity contribution in [1.82, 2.24) is 5.32 Å². The molecule has 0 saturated carbocycles. The lowest BCUT2D eigenvalue weighted by Gasteiger charge is -2.28. The molecule has 92 valence electrons. The van der Waals surface area contributed by atoms with Crippen LogP contribution in [0.5, 0.6) is 0 Å². The minimum Gasteiger partial charge on any atom is -0.326 e. The Balaban J connectivity index is 3.57. The van der Waals surface area contributed by atoms with Crippen LogP contribution in [0.2, 0.25) is 0 Å². The summed E-state index contributed by atoms with van der Waals surface area (Å²) in [6, 6.07) is 0.844. The molecule has 0 amide bonds. The summed E-state index contributed by atoms with van der Waals surface area (Å²) in [5, 5.41) is 3.52. The Bertz CT molecular complexity index is 149. The van der Waals surface area contributed by atoms with Crippen LogP contribution in [0.15, 0.2) is 0 Å². The molecule has 15 heavy (non-hydrogen) atoms. The standard InChI is InChI=1S/C13H30N2/c1-6-7-8-9-11(2)15-10-12(14)13(3,4)5/h11-12,15H,6-10,14H2,1-5H3. The summed E-state index contributed by atoms with van der Waals surface area (Å²) in [5.41, 5.74) is 6.30. The first kappa shape index (κ1) is 14.9. The zero-order chi connectivity index (χ0) is 11.9. The molecule has 0 aromatic heterocycles. The van der Waals surface area contributed by atoms with E-state index in [0.29, 0.717) is 6.04 Å². The Morgan fingerprint density at radius 3 is 2.27 bits per heavy atom.